The Morgan fingerprint density at radius 2 is 1.88 bits per heavy atom. The van der Waals surface area contributed by atoms with Crippen molar-refractivity contribution in [1.29, 1.82) is 0 Å². The van der Waals surface area contributed by atoms with E-state index in [2.05, 4.69) is 27.0 Å². The summed E-state index contributed by atoms with van der Waals surface area (Å²) < 4.78 is 0. The number of hydrogen-bond acceptors (Lipinski definition) is 5. The number of anilines is 1. The zero-order valence-electron chi connectivity index (χ0n) is 15.1. The van der Waals surface area contributed by atoms with Gasteiger partial charge in [-0.1, -0.05) is 12.1 Å². The van der Waals surface area contributed by atoms with Gasteiger partial charge in [0.25, 0.3) is 5.91 Å². The van der Waals surface area contributed by atoms with Crippen LogP contribution >= 0.6 is 11.3 Å². The van der Waals surface area contributed by atoms with Crippen molar-refractivity contribution in [1.82, 2.24) is 14.9 Å². The van der Waals surface area contributed by atoms with Gasteiger partial charge in [-0.05, 0) is 42.5 Å². The molecule has 5 nitrogen and oxygen atoms in total. The van der Waals surface area contributed by atoms with E-state index in [1.165, 1.54) is 16.9 Å². The molecule has 1 aliphatic heterocycles. The van der Waals surface area contributed by atoms with Gasteiger partial charge in [-0.25, -0.2) is 9.97 Å². The Balaban J connectivity index is 1.65. The van der Waals surface area contributed by atoms with E-state index >= 15 is 0 Å². The molecule has 1 aliphatic rings. The topological polar surface area (TPSA) is 49.3 Å². The average molecular weight is 366 g/mol. The van der Waals surface area contributed by atoms with Crippen molar-refractivity contribution in [3.63, 3.8) is 0 Å². The SMILES string of the molecule is CN(C)C(=O)c1sc2ncccc2c1C1CCN(c2ccccn2)CC1. The van der Waals surface area contributed by atoms with Crippen molar-refractivity contribution < 1.29 is 4.79 Å². The Labute approximate surface area is 157 Å². The van der Waals surface area contributed by atoms with Crippen LogP contribution < -0.4 is 4.90 Å². The number of fused-ring (bicyclic) bond motifs is 1. The fourth-order valence-electron chi connectivity index (χ4n) is 3.66. The Morgan fingerprint density at radius 3 is 2.58 bits per heavy atom. The van der Waals surface area contributed by atoms with Crippen molar-refractivity contribution >= 4 is 33.3 Å². The largest absolute Gasteiger partial charge is 0.357 e. The summed E-state index contributed by atoms with van der Waals surface area (Å²) in [6.45, 7) is 1.91. The van der Waals surface area contributed by atoms with Gasteiger partial charge in [-0.2, -0.15) is 0 Å². The van der Waals surface area contributed by atoms with Crippen molar-refractivity contribution in [2.75, 3.05) is 32.1 Å². The zero-order valence-corrected chi connectivity index (χ0v) is 15.9. The second-order valence-corrected chi connectivity index (χ2v) is 7.85. The van der Waals surface area contributed by atoms with Gasteiger partial charge in [0, 0.05) is 45.0 Å². The minimum absolute atomic E-state index is 0.0788. The molecule has 1 fully saturated rings. The van der Waals surface area contributed by atoms with Gasteiger partial charge in [0.15, 0.2) is 0 Å². The van der Waals surface area contributed by atoms with Gasteiger partial charge in [0.05, 0.1) is 4.88 Å². The molecule has 4 heterocycles. The minimum Gasteiger partial charge on any atom is -0.357 e. The Hall–Kier alpha value is -2.47. The molecule has 0 unspecified atom stereocenters. The maximum Gasteiger partial charge on any atom is 0.263 e. The minimum atomic E-state index is 0.0788. The average Bonchev–Trinajstić information content (AvgIpc) is 3.07. The number of piperidine rings is 1. The molecule has 0 aromatic carbocycles. The molecule has 6 heteroatoms. The number of thiophene rings is 1. The third-order valence-electron chi connectivity index (χ3n) is 4.98. The summed E-state index contributed by atoms with van der Waals surface area (Å²) in [5.74, 6) is 1.49. The van der Waals surface area contributed by atoms with Crippen LogP contribution in [-0.4, -0.2) is 48.0 Å². The smallest absolute Gasteiger partial charge is 0.263 e. The monoisotopic (exact) mass is 366 g/mol. The van der Waals surface area contributed by atoms with Crippen LogP contribution in [0.5, 0.6) is 0 Å². The van der Waals surface area contributed by atoms with Crippen LogP contribution in [0, 0.1) is 0 Å². The number of nitrogens with zero attached hydrogens (tertiary/aromatic N) is 4. The highest BCUT2D eigenvalue weighted by atomic mass is 32.1. The molecule has 0 saturated carbocycles. The van der Waals surface area contributed by atoms with E-state index in [0.29, 0.717) is 5.92 Å². The van der Waals surface area contributed by atoms with Crippen molar-refractivity contribution in [3.8, 4) is 0 Å². The summed E-state index contributed by atoms with van der Waals surface area (Å²) in [6.07, 6.45) is 5.68. The molecule has 3 aromatic heterocycles. The van der Waals surface area contributed by atoms with E-state index in [9.17, 15) is 4.79 Å². The highest BCUT2D eigenvalue weighted by molar-refractivity contribution is 7.20. The van der Waals surface area contributed by atoms with Crippen molar-refractivity contribution in [2.24, 2.45) is 0 Å². The number of rotatable bonds is 3. The molecule has 1 saturated heterocycles. The molecule has 0 aliphatic carbocycles. The Bertz CT molecular complexity index is 914. The second-order valence-electron chi connectivity index (χ2n) is 6.85. The van der Waals surface area contributed by atoms with E-state index in [-0.39, 0.29) is 5.91 Å². The lowest BCUT2D eigenvalue weighted by atomic mass is 9.87. The first-order valence-corrected chi connectivity index (χ1v) is 9.72. The van der Waals surface area contributed by atoms with E-state index < -0.39 is 0 Å². The number of aromatic nitrogens is 2. The van der Waals surface area contributed by atoms with Crippen LogP contribution in [0.15, 0.2) is 42.7 Å². The van der Waals surface area contributed by atoms with Crippen molar-refractivity contribution in [3.05, 3.63) is 53.2 Å². The predicted molar refractivity (Wildman–Crippen MR) is 106 cm³/mol. The maximum atomic E-state index is 12.8. The molecule has 3 aromatic rings. The lowest BCUT2D eigenvalue weighted by Crippen LogP contribution is -2.34. The normalized spacial score (nSPS) is 15.4. The standard InChI is InChI=1S/C20H22N4OS/c1-23(2)20(25)18-17(15-6-5-11-22-19(15)26-18)14-8-12-24(13-9-14)16-7-3-4-10-21-16/h3-7,10-11,14H,8-9,12-13H2,1-2H3. The molecule has 0 bridgehead atoms. The number of hydrogen-bond donors (Lipinski definition) is 0. The van der Waals surface area contributed by atoms with Crippen LogP contribution in [0.25, 0.3) is 10.2 Å². The molecule has 26 heavy (non-hydrogen) atoms. The molecule has 0 N–H and O–H groups in total. The summed E-state index contributed by atoms with van der Waals surface area (Å²) in [5.41, 5.74) is 1.19. The molecule has 1 amide bonds. The van der Waals surface area contributed by atoms with Gasteiger partial charge in [0.2, 0.25) is 0 Å². The summed E-state index contributed by atoms with van der Waals surface area (Å²) >= 11 is 1.52. The Kier molecular flexibility index (Phi) is 4.59. The quantitative estimate of drug-likeness (QED) is 0.708. The number of amides is 1. The fourth-order valence-corrected chi connectivity index (χ4v) is 4.91. The van der Waals surface area contributed by atoms with Crippen molar-refractivity contribution in [2.45, 2.75) is 18.8 Å². The zero-order chi connectivity index (χ0) is 18.1. The number of carbonyl (C=O) groups excluding carboxylic acids is 1. The lowest BCUT2D eigenvalue weighted by Gasteiger charge is -2.33. The van der Waals surface area contributed by atoms with Gasteiger partial charge in [-0.15, -0.1) is 11.3 Å². The fraction of sp³-hybridized carbons (Fsp3) is 0.350. The van der Waals surface area contributed by atoms with E-state index in [1.54, 1.807) is 11.1 Å². The van der Waals surface area contributed by atoms with E-state index in [1.807, 2.05) is 38.5 Å². The maximum absolute atomic E-state index is 12.8. The summed E-state index contributed by atoms with van der Waals surface area (Å²) in [7, 11) is 3.63. The van der Waals surface area contributed by atoms with Gasteiger partial charge in [-0.3, -0.25) is 4.79 Å². The van der Waals surface area contributed by atoms with E-state index in [4.69, 9.17) is 0 Å². The van der Waals surface area contributed by atoms with E-state index in [0.717, 1.165) is 46.8 Å². The molecule has 0 spiro atoms. The Morgan fingerprint density at radius 1 is 1.12 bits per heavy atom. The molecule has 0 radical (unpaired) electrons. The van der Waals surface area contributed by atoms with Crippen LogP contribution in [-0.2, 0) is 0 Å². The summed E-state index contributed by atoms with van der Waals surface area (Å²) in [6, 6.07) is 10.1. The van der Waals surface area contributed by atoms with Gasteiger partial charge >= 0.3 is 0 Å². The molecule has 134 valence electrons. The second kappa shape index (κ2) is 7.03. The summed E-state index contributed by atoms with van der Waals surface area (Å²) in [4.78, 5) is 27.5. The van der Waals surface area contributed by atoms with Crippen LogP contribution in [0.3, 0.4) is 0 Å². The third kappa shape index (κ3) is 3.05. The molecule has 0 atom stereocenters. The first-order chi connectivity index (χ1) is 12.6. The lowest BCUT2D eigenvalue weighted by molar-refractivity contribution is 0.0830. The van der Waals surface area contributed by atoms with Crippen LogP contribution in [0.1, 0.15) is 34.0 Å². The number of carbonyl (C=O) groups is 1. The molecule has 4 rings (SSSR count). The highest BCUT2D eigenvalue weighted by Gasteiger charge is 2.29. The highest BCUT2D eigenvalue weighted by Crippen LogP contribution is 2.40. The molecular weight excluding hydrogens is 344 g/mol. The first-order valence-electron chi connectivity index (χ1n) is 8.90. The van der Waals surface area contributed by atoms with Gasteiger partial charge < -0.3 is 9.80 Å². The first kappa shape index (κ1) is 17.0. The van der Waals surface area contributed by atoms with Crippen LogP contribution in [0.2, 0.25) is 0 Å². The predicted octanol–water partition coefficient (Wildman–Crippen LogP) is 3.78. The van der Waals surface area contributed by atoms with Gasteiger partial charge in [0.1, 0.15) is 10.6 Å². The number of pyridine rings is 2. The third-order valence-corrected chi connectivity index (χ3v) is 6.10. The van der Waals surface area contributed by atoms with Crippen LogP contribution in [0.4, 0.5) is 5.82 Å². The molecular formula is C20H22N4OS. The summed E-state index contributed by atoms with van der Waals surface area (Å²) in [5, 5.41) is 1.14.